The third kappa shape index (κ3) is 2.52. The molecule has 0 unspecified atom stereocenters. The maximum absolute atomic E-state index is 11.8. The average molecular weight is 290 g/mol. The first kappa shape index (κ1) is 15.2. The first-order chi connectivity index (χ1) is 9.36. The quantitative estimate of drug-likeness (QED) is 0.471. The van der Waals surface area contributed by atoms with Crippen LogP contribution in [0.5, 0.6) is 0 Å². The van der Waals surface area contributed by atoms with E-state index >= 15 is 0 Å². The monoisotopic (exact) mass is 290 g/mol. The second kappa shape index (κ2) is 5.66. The fourth-order valence-corrected chi connectivity index (χ4v) is 2.15. The maximum atomic E-state index is 11.8. The lowest BCUT2D eigenvalue weighted by Gasteiger charge is -2.39. The molecule has 4 N–H and O–H groups in total. The molecule has 2 aliphatic rings. The molecule has 0 radical (unpaired) electrons. The standard InChI is InChI=1S/C12H18O8/c1-4-7(14)11(5(2)18-4)20-12-10(17)9(16)8(15)6(3-13)19-12/h4,6,8-10,12-13,15-17H,3H2,1-2H3/t4-,6-,8-,9+,10-,12+/m1/s1. The van der Waals surface area contributed by atoms with Gasteiger partial charge in [-0.2, -0.15) is 0 Å². The van der Waals surface area contributed by atoms with Crippen molar-refractivity contribution in [1.29, 1.82) is 0 Å². The summed E-state index contributed by atoms with van der Waals surface area (Å²) in [5.41, 5.74) is 0. The van der Waals surface area contributed by atoms with Crippen molar-refractivity contribution >= 4 is 5.78 Å². The number of carbonyl (C=O) groups is 1. The molecule has 8 nitrogen and oxygen atoms in total. The summed E-state index contributed by atoms with van der Waals surface area (Å²) in [7, 11) is 0. The van der Waals surface area contributed by atoms with E-state index in [0.717, 1.165) is 0 Å². The van der Waals surface area contributed by atoms with Crippen LogP contribution >= 0.6 is 0 Å². The minimum Gasteiger partial charge on any atom is -0.483 e. The smallest absolute Gasteiger partial charge is 0.241 e. The molecule has 0 amide bonds. The summed E-state index contributed by atoms with van der Waals surface area (Å²) in [6.45, 7) is 2.51. The number of hydrogen-bond acceptors (Lipinski definition) is 8. The van der Waals surface area contributed by atoms with Gasteiger partial charge in [0, 0.05) is 0 Å². The van der Waals surface area contributed by atoms with E-state index in [4.69, 9.17) is 19.3 Å². The van der Waals surface area contributed by atoms with Gasteiger partial charge in [-0.05, 0) is 13.8 Å². The lowest BCUT2D eigenvalue weighted by atomic mass is 9.99. The van der Waals surface area contributed by atoms with Crippen molar-refractivity contribution in [2.45, 2.75) is 50.7 Å². The van der Waals surface area contributed by atoms with Crippen molar-refractivity contribution < 1.29 is 39.4 Å². The van der Waals surface area contributed by atoms with E-state index in [2.05, 4.69) is 0 Å². The third-order valence-electron chi connectivity index (χ3n) is 3.35. The van der Waals surface area contributed by atoms with E-state index in [9.17, 15) is 20.1 Å². The molecule has 1 saturated heterocycles. The Morgan fingerprint density at radius 3 is 2.35 bits per heavy atom. The summed E-state index contributed by atoms with van der Waals surface area (Å²) in [5, 5.41) is 38.1. The van der Waals surface area contributed by atoms with Gasteiger partial charge < -0.3 is 34.6 Å². The van der Waals surface area contributed by atoms with Gasteiger partial charge in [0.25, 0.3) is 0 Å². The number of ether oxygens (including phenoxy) is 3. The molecule has 0 saturated carbocycles. The van der Waals surface area contributed by atoms with Crippen LogP contribution in [0.4, 0.5) is 0 Å². The van der Waals surface area contributed by atoms with Crippen LogP contribution in [0.15, 0.2) is 11.5 Å². The van der Waals surface area contributed by atoms with Gasteiger partial charge in [0.1, 0.15) is 30.2 Å². The SMILES string of the molecule is CC1=C(O[C@@H]2O[C@H](CO)[C@@H](O)[C@H](O)[C@H]2O)C(=O)[C@@H](C)O1. The summed E-state index contributed by atoms with van der Waals surface area (Å²) >= 11 is 0. The van der Waals surface area contributed by atoms with Crippen LogP contribution < -0.4 is 0 Å². The normalized spacial score (nSPS) is 41.8. The van der Waals surface area contributed by atoms with Crippen molar-refractivity contribution in [3.8, 4) is 0 Å². The molecule has 2 rings (SSSR count). The van der Waals surface area contributed by atoms with Crippen molar-refractivity contribution in [3.05, 3.63) is 11.5 Å². The van der Waals surface area contributed by atoms with E-state index in [0.29, 0.717) is 0 Å². The fraction of sp³-hybridized carbons (Fsp3) is 0.750. The van der Waals surface area contributed by atoms with E-state index in [1.54, 1.807) is 6.92 Å². The highest BCUT2D eigenvalue weighted by atomic mass is 16.7. The third-order valence-corrected chi connectivity index (χ3v) is 3.35. The summed E-state index contributed by atoms with van der Waals surface area (Å²) in [6, 6.07) is 0. The van der Waals surface area contributed by atoms with Crippen LogP contribution in [0.25, 0.3) is 0 Å². The molecule has 2 aliphatic heterocycles. The summed E-state index contributed by atoms with van der Waals surface area (Å²) in [4.78, 5) is 11.8. The van der Waals surface area contributed by atoms with Crippen LogP contribution in [0, 0.1) is 0 Å². The number of hydrogen-bond donors (Lipinski definition) is 4. The first-order valence-electron chi connectivity index (χ1n) is 6.25. The number of Topliss-reactive ketones (excluding diaryl/α,β-unsaturated/α-hetero) is 1. The number of aliphatic hydroxyl groups is 4. The molecular weight excluding hydrogens is 272 g/mol. The van der Waals surface area contributed by atoms with Crippen LogP contribution in [-0.4, -0.2) is 69.6 Å². The zero-order valence-corrected chi connectivity index (χ0v) is 11.1. The van der Waals surface area contributed by atoms with Gasteiger partial charge in [0.2, 0.25) is 17.8 Å². The molecular formula is C12H18O8. The lowest BCUT2D eigenvalue weighted by molar-refractivity contribution is -0.290. The maximum Gasteiger partial charge on any atom is 0.241 e. The highest BCUT2D eigenvalue weighted by Crippen LogP contribution is 2.28. The molecule has 6 atom stereocenters. The molecule has 1 fully saturated rings. The Morgan fingerprint density at radius 1 is 1.20 bits per heavy atom. The predicted molar refractivity (Wildman–Crippen MR) is 63.1 cm³/mol. The molecule has 20 heavy (non-hydrogen) atoms. The molecule has 0 spiro atoms. The summed E-state index contributed by atoms with van der Waals surface area (Å²) < 4.78 is 15.6. The molecule has 0 bridgehead atoms. The Bertz CT molecular complexity index is 418. The van der Waals surface area contributed by atoms with Crippen molar-refractivity contribution in [2.75, 3.05) is 6.61 Å². The number of rotatable bonds is 3. The van der Waals surface area contributed by atoms with E-state index in [1.165, 1.54) is 6.92 Å². The minimum atomic E-state index is -1.56. The number of aliphatic hydroxyl groups excluding tert-OH is 4. The lowest BCUT2D eigenvalue weighted by Crippen LogP contribution is -2.59. The van der Waals surface area contributed by atoms with E-state index in [1.807, 2.05) is 0 Å². The van der Waals surface area contributed by atoms with Crippen LogP contribution in [0.3, 0.4) is 0 Å². The summed E-state index contributed by atoms with van der Waals surface area (Å²) in [5.74, 6) is -0.249. The molecule has 0 aromatic carbocycles. The van der Waals surface area contributed by atoms with Crippen molar-refractivity contribution in [1.82, 2.24) is 0 Å². The highest BCUT2D eigenvalue weighted by Gasteiger charge is 2.46. The predicted octanol–water partition coefficient (Wildman–Crippen LogP) is -1.98. The molecule has 8 heteroatoms. The highest BCUT2D eigenvalue weighted by molar-refractivity contribution is 5.99. The van der Waals surface area contributed by atoms with Crippen LogP contribution in [0.2, 0.25) is 0 Å². The Hall–Kier alpha value is -1.19. The Kier molecular flexibility index (Phi) is 4.31. The molecule has 0 aromatic rings. The van der Waals surface area contributed by atoms with Gasteiger partial charge in [-0.15, -0.1) is 0 Å². The largest absolute Gasteiger partial charge is 0.483 e. The first-order valence-corrected chi connectivity index (χ1v) is 6.25. The fourth-order valence-electron chi connectivity index (χ4n) is 2.15. The van der Waals surface area contributed by atoms with Gasteiger partial charge in [-0.1, -0.05) is 0 Å². The van der Waals surface area contributed by atoms with Gasteiger partial charge in [-0.25, -0.2) is 0 Å². The minimum absolute atomic E-state index is 0.0955. The average Bonchev–Trinajstić information content (AvgIpc) is 2.65. The number of ketones is 1. The Labute approximate surface area is 115 Å². The second-order valence-electron chi connectivity index (χ2n) is 4.82. The topological polar surface area (TPSA) is 126 Å². The van der Waals surface area contributed by atoms with Crippen molar-refractivity contribution in [2.24, 2.45) is 0 Å². The molecule has 114 valence electrons. The molecule has 2 heterocycles. The molecule has 0 aromatic heterocycles. The summed E-state index contributed by atoms with van der Waals surface area (Å²) in [6.07, 6.45) is -7.74. The number of carbonyl (C=O) groups excluding carboxylic acids is 1. The van der Waals surface area contributed by atoms with Gasteiger partial charge >= 0.3 is 0 Å². The Morgan fingerprint density at radius 2 is 1.85 bits per heavy atom. The van der Waals surface area contributed by atoms with Gasteiger partial charge in [-0.3, -0.25) is 4.79 Å². The van der Waals surface area contributed by atoms with Gasteiger partial charge in [0.15, 0.2) is 6.10 Å². The van der Waals surface area contributed by atoms with E-state index in [-0.39, 0.29) is 11.5 Å². The van der Waals surface area contributed by atoms with E-state index < -0.39 is 49.2 Å². The number of allylic oxidation sites excluding steroid dienone is 1. The zero-order valence-electron chi connectivity index (χ0n) is 11.1. The zero-order chi connectivity index (χ0) is 15.0. The van der Waals surface area contributed by atoms with Gasteiger partial charge in [0.05, 0.1) is 6.61 Å². The van der Waals surface area contributed by atoms with Crippen molar-refractivity contribution in [3.63, 3.8) is 0 Å². The van der Waals surface area contributed by atoms with Crippen LogP contribution in [-0.2, 0) is 19.0 Å². The second-order valence-corrected chi connectivity index (χ2v) is 4.82. The Balaban J connectivity index is 2.13. The molecule has 0 aliphatic carbocycles. The van der Waals surface area contributed by atoms with Crippen LogP contribution in [0.1, 0.15) is 13.8 Å².